The number of aromatic nitrogens is 5. The zero-order valence-corrected chi connectivity index (χ0v) is 19.2. The lowest BCUT2D eigenvalue weighted by molar-refractivity contribution is -0.145. The molecule has 0 aliphatic rings. The SMILES string of the molecule is Cc1nn(-c2ccccc2)nc1C(C#N)=C(OC(=O)C(C)(C)C)c1c(Cl)nn(C)c1Cl. The molecule has 0 saturated heterocycles. The Morgan fingerprint density at radius 2 is 1.77 bits per heavy atom. The van der Waals surface area contributed by atoms with Crippen LogP contribution in [0.1, 0.15) is 37.7 Å². The second-order valence-electron chi connectivity index (χ2n) is 7.79. The van der Waals surface area contributed by atoms with Gasteiger partial charge in [-0.05, 0) is 39.8 Å². The van der Waals surface area contributed by atoms with E-state index >= 15 is 0 Å². The van der Waals surface area contributed by atoms with Gasteiger partial charge in [-0.3, -0.25) is 9.48 Å². The van der Waals surface area contributed by atoms with E-state index in [1.54, 1.807) is 34.7 Å². The molecule has 0 N–H and O–H groups in total. The van der Waals surface area contributed by atoms with Gasteiger partial charge in [0.2, 0.25) is 0 Å². The predicted octanol–water partition coefficient (Wildman–Crippen LogP) is 4.60. The fourth-order valence-corrected chi connectivity index (χ4v) is 3.18. The van der Waals surface area contributed by atoms with Gasteiger partial charge in [0.25, 0.3) is 0 Å². The minimum absolute atomic E-state index is 0.00920. The lowest BCUT2D eigenvalue weighted by Crippen LogP contribution is -2.23. The summed E-state index contributed by atoms with van der Waals surface area (Å²) in [5.41, 5.74) is 0.659. The Hall–Kier alpha value is -3.15. The summed E-state index contributed by atoms with van der Waals surface area (Å²) in [6.07, 6.45) is 0. The molecule has 2 heterocycles. The number of aryl methyl sites for hydroxylation is 2. The Labute approximate surface area is 189 Å². The van der Waals surface area contributed by atoms with Gasteiger partial charge in [-0.15, -0.1) is 5.10 Å². The monoisotopic (exact) mass is 458 g/mol. The number of nitriles is 1. The molecule has 3 aromatic rings. The van der Waals surface area contributed by atoms with Crippen LogP contribution in [0.2, 0.25) is 10.3 Å². The van der Waals surface area contributed by atoms with Crippen molar-refractivity contribution in [3.05, 3.63) is 57.6 Å². The second-order valence-corrected chi connectivity index (χ2v) is 8.51. The van der Waals surface area contributed by atoms with Gasteiger partial charge in [-0.2, -0.15) is 20.3 Å². The highest BCUT2D eigenvalue weighted by Gasteiger charge is 2.31. The quantitative estimate of drug-likeness (QED) is 0.321. The average Bonchev–Trinajstić information content (AvgIpc) is 3.21. The molecule has 10 heteroatoms. The first-order chi connectivity index (χ1) is 14.5. The summed E-state index contributed by atoms with van der Waals surface area (Å²) < 4.78 is 7.00. The number of carbonyl (C=O) groups excluding carboxylic acids is 1. The Morgan fingerprint density at radius 3 is 2.29 bits per heavy atom. The van der Waals surface area contributed by atoms with Crippen molar-refractivity contribution in [2.75, 3.05) is 0 Å². The zero-order valence-electron chi connectivity index (χ0n) is 17.6. The molecule has 2 aromatic heterocycles. The van der Waals surface area contributed by atoms with Crippen molar-refractivity contribution in [2.45, 2.75) is 27.7 Å². The molecule has 8 nitrogen and oxygen atoms in total. The highest BCUT2D eigenvalue weighted by atomic mass is 35.5. The number of nitrogens with zero attached hydrogens (tertiary/aromatic N) is 6. The summed E-state index contributed by atoms with van der Waals surface area (Å²) in [5, 5.41) is 23.0. The van der Waals surface area contributed by atoms with Crippen LogP contribution in [0, 0.1) is 23.7 Å². The minimum atomic E-state index is -0.844. The number of esters is 1. The maximum absolute atomic E-state index is 12.7. The molecule has 0 aliphatic heterocycles. The number of rotatable bonds is 4. The van der Waals surface area contributed by atoms with Crippen molar-refractivity contribution in [3.8, 4) is 11.8 Å². The minimum Gasteiger partial charge on any atom is -0.424 e. The van der Waals surface area contributed by atoms with E-state index in [1.165, 1.54) is 9.48 Å². The van der Waals surface area contributed by atoms with Gasteiger partial charge in [0.05, 0.1) is 22.4 Å². The molecule has 1 aromatic carbocycles. The maximum atomic E-state index is 12.7. The van der Waals surface area contributed by atoms with Gasteiger partial charge in [-0.25, -0.2) is 0 Å². The first-order valence-electron chi connectivity index (χ1n) is 9.29. The van der Waals surface area contributed by atoms with Gasteiger partial charge >= 0.3 is 5.97 Å². The van der Waals surface area contributed by atoms with Crippen LogP contribution >= 0.6 is 23.2 Å². The molecule has 0 radical (unpaired) electrons. The molecule has 160 valence electrons. The van der Waals surface area contributed by atoms with Crippen LogP contribution in [0.4, 0.5) is 0 Å². The van der Waals surface area contributed by atoms with Crippen LogP contribution < -0.4 is 0 Å². The van der Waals surface area contributed by atoms with Crippen molar-refractivity contribution >= 4 is 40.5 Å². The number of carbonyl (C=O) groups is 1. The van der Waals surface area contributed by atoms with Gasteiger partial charge in [0.1, 0.15) is 22.5 Å². The normalized spacial score (nSPS) is 12.3. The summed E-state index contributed by atoms with van der Waals surface area (Å²) in [5.74, 6) is -0.687. The van der Waals surface area contributed by atoms with E-state index in [1.807, 2.05) is 30.3 Å². The Balaban J connectivity index is 2.26. The smallest absolute Gasteiger partial charge is 0.316 e. The lowest BCUT2D eigenvalue weighted by Gasteiger charge is -2.18. The predicted molar refractivity (Wildman–Crippen MR) is 117 cm³/mol. The van der Waals surface area contributed by atoms with Crippen LogP contribution in [-0.2, 0) is 16.6 Å². The van der Waals surface area contributed by atoms with Crippen molar-refractivity contribution in [2.24, 2.45) is 12.5 Å². The third-order valence-corrected chi connectivity index (χ3v) is 5.01. The topological polar surface area (TPSA) is 98.6 Å². The van der Waals surface area contributed by atoms with E-state index in [0.29, 0.717) is 11.4 Å². The molecule has 31 heavy (non-hydrogen) atoms. The van der Waals surface area contributed by atoms with Gasteiger partial charge < -0.3 is 4.74 Å². The van der Waals surface area contributed by atoms with E-state index in [0.717, 1.165) is 0 Å². The largest absolute Gasteiger partial charge is 0.424 e. The van der Waals surface area contributed by atoms with Crippen molar-refractivity contribution in [1.82, 2.24) is 24.8 Å². The summed E-state index contributed by atoms with van der Waals surface area (Å²) in [7, 11) is 1.59. The number of halogens is 2. The number of allylic oxidation sites excluding steroid dienone is 1. The van der Waals surface area contributed by atoms with E-state index in [4.69, 9.17) is 27.9 Å². The van der Waals surface area contributed by atoms with E-state index in [9.17, 15) is 10.1 Å². The van der Waals surface area contributed by atoms with Crippen LogP contribution in [0.15, 0.2) is 30.3 Å². The number of hydrogen-bond acceptors (Lipinski definition) is 6. The van der Waals surface area contributed by atoms with Gasteiger partial charge in [-0.1, -0.05) is 41.4 Å². The third kappa shape index (κ3) is 4.48. The maximum Gasteiger partial charge on any atom is 0.316 e. The number of ether oxygens (including phenoxy) is 1. The zero-order chi connectivity index (χ0) is 22.9. The third-order valence-electron chi connectivity index (χ3n) is 4.31. The summed E-state index contributed by atoms with van der Waals surface area (Å²) in [6, 6.07) is 11.3. The fraction of sp³-hybridized carbons (Fsp3) is 0.286. The van der Waals surface area contributed by atoms with Crippen LogP contribution in [0.3, 0.4) is 0 Å². The molecule has 0 aliphatic carbocycles. The molecule has 0 atom stereocenters. The average molecular weight is 459 g/mol. The standard InChI is InChI=1S/C21H20Cl2N6O2/c1-12-16(26-29(25-12)13-9-7-6-8-10-13)14(11-24)17(31-20(30)21(2,3)4)15-18(22)27-28(5)19(15)23/h6-10H,1-5H3. The van der Waals surface area contributed by atoms with Crippen molar-refractivity contribution in [1.29, 1.82) is 5.26 Å². The highest BCUT2D eigenvalue weighted by Crippen LogP contribution is 2.37. The number of benzene rings is 1. The summed E-state index contributed by atoms with van der Waals surface area (Å²) in [4.78, 5) is 14.1. The highest BCUT2D eigenvalue weighted by molar-refractivity contribution is 6.37. The molecule has 0 amide bonds. The van der Waals surface area contributed by atoms with Crippen LogP contribution in [0.5, 0.6) is 0 Å². The Kier molecular flexibility index (Phi) is 6.20. The van der Waals surface area contributed by atoms with Crippen molar-refractivity contribution < 1.29 is 9.53 Å². The second kappa shape index (κ2) is 8.53. The van der Waals surface area contributed by atoms with Crippen LogP contribution in [-0.4, -0.2) is 30.7 Å². The molecular formula is C21H20Cl2N6O2. The molecule has 0 saturated carbocycles. The lowest BCUT2D eigenvalue weighted by atomic mass is 9.97. The Bertz CT molecular complexity index is 1210. The van der Waals surface area contributed by atoms with Crippen LogP contribution in [0.25, 0.3) is 17.0 Å². The van der Waals surface area contributed by atoms with E-state index in [2.05, 4.69) is 21.4 Å². The van der Waals surface area contributed by atoms with Gasteiger partial charge in [0, 0.05) is 7.05 Å². The Morgan fingerprint density at radius 1 is 1.13 bits per heavy atom. The molecule has 3 rings (SSSR count). The molecule has 0 spiro atoms. The van der Waals surface area contributed by atoms with Crippen molar-refractivity contribution in [3.63, 3.8) is 0 Å². The summed E-state index contributed by atoms with van der Waals surface area (Å²) >= 11 is 12.7. The number of hydrogen-bond donors (Lipinski definition) is 0. The molecule has 0 fully saturated rings. The first-order valence-corrected chi connectivity index (χ1v) is 10.0. The van der Waals surface area contributed by atoms with E-state index < -0.39 is 11.4 Å². The molecular weight excluding hydrogens is 439 g/mol. The molecule has 0 bridgehead atoms. The molecule has 0 unspecified atom stereocenters. The number of para-hydroxylation sites is 1. The van der Waals surface area contributed by atoms with E-state index in [-0.39, 0.29) is 32.9 Å². The first kappa shape index (κ1) is 22.5. The summed E-state index contributed by atoms with van der Waals surface area (Å²) in [6.45, 7) is 6.79. The van der Waals surface area contributed by atoms with Gasteiger partial charge in [0.15, 0.2) is 10.9 Å². The fourth-order valence-electron chi connectivity index (χ4n) is 2.63.